The molecule has 0 unspecified atom stereocenters. The first-order valence-electron chi connectivity index (χ1n) is 7.97. The van der Waals surface area contributed by atoms with Gasteiger partial charge in [0.15, 0.2) is 0 Å². The van der Waals surface area contributed by atoms with Crippen molar-refractivity contribution in [2.45, 2.75) is 99.8 Å². The molecule has 0 nitrogen and oxygen atoms in total. The summed E-state index contributed by atoms with van der Waals surface area (Å²) in [6.45, 7) is 15.2. The fraction of sp³-hybridized carbons (Fsp3) is 0.889. The average molecular weight is 257 g/mol. The van der Waals surface area contributed by atoms with Crippen LogP contribution < -0.4 is 0 Å². The molecule has 0 atom stereocenters. The van der Waals surface area contributed by atoms with Crippen LogP contribution in [0.5, 0.6) is 0 Å². The second kappa shape index (κ2) is 36.0. The van der Waals surface area contributed by atoms with Crippen LogP contribution in [0.4, 0.5) is 0 Å². The first-order valence-corrected chi connectivity index (χ1v) is 7.97. The second-order valence-electron chi connectivity index (χ2n) is 4.80. The maximum atomic E-state index is 4.00. The largest absolute Gasteiger partial charge is 0.124 e. The van der Waals surface area contributed by atoms with Gasteiger partial charge in [-0.25, -0.2) is 0 Å². The van der Waals surface area contributed by atoms with E-state index in [2.05, 4.69) is 61.3 Å². The summed E-state index contributed by atoms with van der Waals surface area (Å²) in [5.74, 6) is 1.05. The SMILES string of the molecule is C#C.CC1CCCC1.CCC.CCC.CCCC. The van der Waals surface area contributed by atoms with Gasteiger partial charge in [-0.3, -0.25) is 0 Å². The van der Waals surface area contributed by atoms with Crippen molar-refractivity contribution in [1.29, 1.82) is 0 Å². The third kappa shape index (κ3) is 57.7. The Kier molecular flexibility index (Phi) is 52.3. The molecule has 0 aromatic carbocycles. The summed E-state index contributed by atoms with van der Waals surface area (Å²) in [5.41, 5.74) is 0. The number of terminal acetylenes is 1. The zero-order valence-corrected chi connectivity index (χ0v) is 14.4. The van der Waals surface area contributed by atoms with Gasteiger partial charge in [-0.15, -0.1) is 12.8 Å². The second-order valence-corrected chi connectivity index (χ2v) is 4.80. The normalized spacial score (nSPS) is 12.3. The van der Waals surface area contributed by atoms with Crippen LogP contribution in [0, 0.1) is 18.8 Å². The van der Waals surface area contributed by atoms with Gasteiger partial charge in [0.05, 0.1) is 0 Å². The Morgan fingerprint density at radius 3 is 1.00 bits per heavy atom. The maximum Gasteiger partial charge on any atom is -0.0443 e. The van der Waals surface area contributed by atoms with Crippen molar-refractivity contribution in [2.24, 2.45) is 5.92 Å². The monoisotopic (exact) mass is 256 g/mol. The van der Waals surface area contributed by atoms with Gasteiger partial charge in [0.25, 0.3) is 0 Å². The van der Waals surface area contributed by atoms with Crippen LogP contribution in [-0.4, -0.2) is 0 Å². The molecule has 1 aliphatic carbocycles. The van der Waals surface area contributed by atoms with Crippen molar-refractivity contribution in [1.82, 2.24) is 0 Å². The topological polar surface area (TPSA) is 0 Å². The quantitative estimate of drug-likeness (QED) is 0.439. The third-order valence-corrected chi connectivity index (χ3v) is 2.14. The molecule has 0 spiro atoms. The van der Waals surface area contributed by atoms with E-state index in [1.165, 1.54) is 51.4 Å². The summed E-state index contributed by atoms with van der Waals surface area (Å²) in [6.07, 6.45) is 19.1. The lowest BCUT2D eigenvalue weighted by molar-refractivity contribution is 0.612. The molecule has 0 aromatic heterocycles. The number of hydrogen-bond donors (Lipinski definition) is 0. The molecule has 1 rings (SSSR count). The molecule has 1 fully saturated rings. The van der Waals surface area contributed by atoms with Gasteiger partial charge in [0.2, 0.25) is 0 Å². The highest BCUT2D eigenvalue weighted by Crippen LogP contribution is 2.22. The van der Waals surface area contributed by atoms with E-state index in [4.69, 9.17) is 0 Å². The molecule has 0 heterocycles. The fourth-order valence-electron chi connectivity index (χ4n) is 1.13. The minimum atomic E-state index is 1.05. The van der Waals surface area contributed by atoms with Gasteiger partial charge in [-0.2, -0.15) is 0 Å². The third-order valence-electron chi connectivity index (χ3n) is 2.14. The zero-order chi connectivity index (χ0) is 15.2. The van der Waals surface area contributed by atoms with Crippen molar-refractivity contribution in [3.05, 3.63) is 0 Å². The molecule has 0 aliphatic heterocycles. The maximum absolute atomic E-state index is 4.00. The Morgan fingerprint density at radius 1 is 0.722 bits per heavy atom. The average Bonchev–Trinajstić information content (AvgIpc) is 2.85. The van der Waals surface area contributed by atoms with Crippen molar-refractivity contribution < 1.29 is 0 Å². The molecule has 112 valence electrons. The molecular weight excluding hydrogens is 216 g/mol. The van der Waals surface area contributed by atoms with Gasteiger partial charge in [-0.05, 0) is 5.92 Å². The van der Waals surface area contributed by atoms with Gasteiger partial charge >= 0.3 is 0 Å². The Bertz CT molecular complexity index is 91.9. The van der Waals surface area contributed by atoms with Crippen LogP contribution in [0.3, 0.4) is 0 Å². The fourth-order valence-corrected chi connectivity index (χ4v) is 1.13. The molecule has 0 bridgehead atoms. The van der Waals surface area contributed by atoms with E-state index in [-0.39, 0.29) is 0 Å². The molecule has 0 heteroatoms. The van der Waals surface area contributed by atoms with E-state index in [0.29, 0.717) is 0 Å². The first-order chi connectivity index (χ1) is 8.64. The molecule has 0 amide bonds. The number of unbranched alkanes of at least 4 members (excludes halogenated alkanes) is 1. The lowest BCUT2D eigenvalue weighted by Gasteiger charge is -1.91. The standard InChI is InChI=1S/C6H12.C4H10.2C3H8.C2H2/c1-6-4-2-3-5-6;1-3-4-2;2*1-3-2;1-2/h6H,2-5H2,1H3;3-4H2,1-2H3;2*3H2,1-2H3;1-2H. The molecule has 0 aromatic rings. The van der Waals surface area contributed by atoms with Crippen LogP contribution >= 0.6 is 0 Å². The van der Waals surface area contributed by atoms with E-state index in [9.17, 15) is 0 Å². The van der Waals surface area contributed by atoms with E-state index in [1.807, 2.05) is 0 Å². The van der Waals surface area contributed by atoms with Crippen LogP contribution in [0.15, 0.2) is 0 Å². The van der Waals surface area contributed by atoms with Crippen molar-refractivity contribution in [2.75, 3.05) is 0 Å². The first kappa shape index (κ1) is 26.2. The molecule has 0 radical (unpaired) electrons. The molecule has 0 N–H and O–H groups in total. The van der Waals surface area contributed by atoms with E-state index >= 15 is 0 Å². The zero-order valence-electron chi connectivity index (χ0n) is 14.4. The number of rotatable bonds is 1. The summed E-state index contributed by atoms with van der Waals surface area (Å²) in [5, 5.41) is 0. The highest BCUT2D eigenvalue weighted by atomic mass is 14.1. The van der Waals surface area contributed by atoms with Gasteiger partial charge < -0.3 is 0 Å². The van der Waals surface area contributed by atoms with Crippen molar-refractivity contribution >= 4 is 0 Å². The Hall–Kier alpha value is -0.440. The molecule has 1 saturated carbocycles. The van der Waals surface area contributed by atoms with Gasteiger partial charge in [0, 0.05) is 0 Å². The lowest BCUT2D eigenvalue weighted by Crippen LogP contribution is -1.78. The lowest BCUT2D eigenvalue weighted by atomic mass is 10.2. The number of hydrogen-bond acceptors (Lipinski definition) is 0. The predicted octanol–water partition coefficient (Wildman–Crippen LogP) is 7.08. The Labute approximate surface area is 119 Å². The summed E-state index contributed by atoms with van der Waals surface area (Å²) in [4.78, 5) is 0. The molecule has 0 saturated heterocycles. The van der Waals surface area contributed by atoms with Crippen LogP contribution in [-0.2, 0) is 0 Å². The van der Waals surface area contributed by atoms with Gasteiger partial charge in [-0.1, -0.05) is 99.8 Å². The molecule has 1 aliphatic rings. The summed E-state index contributed by atoms with van der Waals surface area (Å²) < 4.78 is 0. The summed E-state index contributed by atoms with van der Waals surface area (Å²) in [6, 6.07) is 0. The molecule has 18 heavy (non-hydrogen) atoms. The smallest absolute Gasteiger partial charge is 0.0443 e. The van der Waals surface area contributed by atoms with E-state index < -0.39 is 0 Å². The minimum absolute atomic E-state index is 1.05. The Balaban J connectivity index is -0.0000000730. The van der Waals surface area contributed by atoms with Crippen LogP contribution in [0.1, 0.15) is 99.8 Å². The Morgan fingerprint density at radius 2 is 0.944 bits per heavy atom. The van der Waals surface area contributed by atoms with Crippen LogP contribution in [0.25, 0.3) is 0 Å². The predicted molar refractivity (Wildman–Crippen MR) is 90.0 cm³/mol. The van der Waals surface area contributed by atoms with Crippen molar-refractivity contribution in [3.63, 3.8) is 0 Å². The van der Waals surface area contributed by atoms with Crippen molar-refractivity contribution in [3.8, 4) is 12.8 Å². The van der Waals surface area contributed by atoms with Gasteiger partial charge in [0.1, 0.15) is 0 Å². The summed E-state index contributed by atoms with van der Waals surface area (Å²) in [7, 11) is 0. The van der Waals surface area contributed by atoms with E-state index in [1.54, 1.807) is 0 Å². The summed E-state index contributed by atoms with van der Waals surface area (Å²) >= 11 is 0. The van der Waals surface area contributed by atoms with Crippen LogP contribution in [0.2, 0.25) is 0 Å². The van der Waals surface area contributed by atoms with E-state index in [0.717, 1.165) is 5.92 Å². The highest BCUT2D eigenvalue weighted by Gasteiger charge is 2.07. The molecular formula is C18H40. The highest BCUT2D eigenvalue weighted by molar-refractivity contribution is 4.60. The minimum Gasteiger partial charge on any atom is -0.124 e.